The van der Waals surface area contributed by atoms with Gasteiger partial charge in [-0.25, -0.2) is 9.97 Å². The molecule has 9 nitrogen and oxygen atoms in total. The van der Waals surface area contributed by atoms with Gasteiger partial charge in [0.05, 0.1) is 5.39 Å². The summed E-state index contributed by atoms with van der Waals surface area (Å²) in [5, 5.41) is 6.85. The first kappa shape index (κ1) is 23.3. The minimum absolute atomic E-state index is 0.000436. The molecule has 2 aliphatic rings. The van der Waals surface area contributed by atoms with Gasteiger partial charge >= 0.3 is 0 Å². The second kappa shape index (κ2) is 10.4. The quantitative estimate of drug-likeness (QED) is 0.454. The zero-order valence-corrected chi connectivity index (χ0v) is 20.2. The van der Waals surface area contributed by atoms with Crippen molar-refractivity contribution in [3.8, 4) is 11.4 Å². The predicted molar refractivity (Wildman–Crippen MR) is 136 cm³/mol. The third-order valence-corrected chi connectivity index (χ3v) is 6.98. The number of carbonyl (C=O) groups is 2. The van der Waals surface area contributed by atoms with Crippen molar-refractivity contribution >= 4 is 28.7 Å². The molecule has 1 aliphatic heterocycles. The average molecular weight is 476 g/mol. The number of nitrogens with one attached hydrogen (secondary N) is 3. The highest BCUT2D eigenvalue weighted by Crippen LogP contribution is 2.27. The van der Waals surface area contributed by atoms with E-state index in [9.17, 15) is 9.59 Å². The zero-order chi connectivity index (χ0) is 24.2. The lowest BCUT2D eigenvalue weighted by atomic mass is 10.1. The largest absolute Gasteiger partial charge is 0.368 e. The first-order chi connectivity index (χ1) is 17.1. The van der Waals surface area contributed by atoms with Gasteiger partial charge in [0.2, 0.25) is 5.91 Å². The molecule has 9 heteroatoms. The van der Waals surface area contributed by atoms with Crippen LogP contribution in [-0.4, -0.2) is 81.9 Å². The maximum atomic E-state index is 13.4. The Morgan fingerprint density at radius 1 is 1.03 bits per heavy atom. The highest BCUT2D eigenvalue weighted by atomic mass is 16.2. The van der Waals surface area contributed by atoms with Crippen molar-refractivity contribution < 1.29 is 9.59 Å². The molecule has 0 unspecified atom stereocenters. The third-order valence-electron chi connectivity index (χ3n) is 6.98. The van der Waals surface area contributed by atoms with Crippen molar-refractivity contribution in [3.63, 3.8) is 0 Å². The monoisotopic (exact) mass is 475 g/mol. The van der Waals surface area contributed by atoms with Gasteiger partial charge in [-0.1, -0.05) is 43.2 Å². The third kappa shape index (κ3) is 5.30. The average Bonchev–Trinajstić information content (AvgIpc) is 3.57. The Kier molecular flexibility index (Phi) is 6.94. The van der Waals surface area contributed by atoms with Crippen LogP contribution >= 0.6 is 0 Å². The number of hydrogen-bond donors (Lipinski definition) is 3. The van der Waals surface area contributed by atoms with Crippen LogP contribution in [0.25, 0.3) is 22.4 Å². The Morgan fingerprint density at radius 2 is 1.77 bits per heavy atom. The number of carbonyl (C=O) groups excluding carboxylic acids is 2. The van der Waals surface area contributed by atoms with E-state index in [4.69, 9.17) is 9.97 Å². The number of benzene rings is 1. The molecule has 35 heavy (non-hydrogen) atoms. The molecule has 2 aromatic heterocycles. The van der Waals surface area contributed by atoms with Gasteiger partial charge in [0.1, 0.15) is 17.2 Å². The number of fused-ring (bicyclic) bond motifs is 1. The number of anilines is 1. The van der Waals surface area contributed by atoms with E-state index in [1.165, 1.54) is 32.6 Å². The van der Waals surface area contributed by atoms with Crippen LogP contribution < -0.4 is 10.6 Å². The maximum Gasteiger partial charge on any atom is 0.270 e. The molecule has 5 rings (SSSR count). The minimum Gasteiger partial charge on any atom is -0.368 e. The lowest BCUT2D eigenvalue weighted by molar-refractivity contribution is -0.118. The molecular weight excluding hydrogens is 442 g/mol. The van der Waals surface area contributed by atoms with Crippen molar-refractivity contribution in [2.45, 2.75) is 38.6 Å². The van der Waals surface area contributed by atoms with E-state index in [2.05, 4.69) is 20.5 Å². The lowest BCUT2D eigenvalue weighted by Gasteiger charge is -2.37. The number of rotatable bonds is 7. The molecule has 1 aromatic carbocycles. The topological polar surface area (TPSA) is 106 Å². The molecule has 0 radical (unpaired) electrons. The van der Waals surface area contributed by atoms with E-state index in [0.717, 1.165) is 37.1 Å². The molecule has 184 valence electrons. The fourth-order valence-electron chi connectivity index (χ4n) is 5.13. The van der Waals surface area contributed by atoms with Gasteiger partial charge in [-0.3, -0.25) is 14.5 Å². The summed E-state index contributed by atoms with van der Waals surface area (Å²) in [5.74, 6) is 1.14. The Bertz CT molecular complexity index is 1180. The van der Waals surface area contributed by atoms with E-state index in [-0.39, 0.29) is 11.8 Å². The summed E-state index contributed by atoms with van der Waals surface area (Å²) < 4.78 is 0. The van der Waals surface area contributed by atoms with E-state index < -0.39 is 0 Å². The number of nitrogens with zero attached hydrogens (tertiary/aromatic N) is 4. The molecule has 0 atom stereocenters. The molecule has 0 spiro atoms. The second-order valence-electron chi connectivity index (χ2n) is 9.38. The molecule has 2 fully saturated rings. The smallest absolute Gasteiger partial charge is 0.270 e. The summed E-state index contributed by atoms with van der Waals surface area (Å²) in [7, 11) is 0. The first-order valence-corrected chi connectivity index (χ1v) is 12.6. The highest BCUT2D eigenvalue weighted by Gasteiger charge is 2.29. The van der Waals surface area contributed by atoms with Gasteiger partial charge in [-0.05, 0) is 18.9 Å². The van der Waals surface area contributed by atoms with E-state index >= 15 is 0 Å². The standard InChI is InChI=1S/C26H33N7O2/c1-18(34)27-11-12-28-24-21-17-22(29-25(21)31-23(30-24)19-7-3-2-4-8-19)26(35)33-15-13-32(14-16-33)20-9-5-6-10-20/h2-4,7-8,17,20H,5-6,9-16H2,1H3,(H,27,34)(H2,28,29,30,31). The van der Waals surface area contributed by atoms with Crippen LogP contribution in [0.15, 0.2) is 36.4 Å². The van der Waals surface area contributed by atoms with Crippen LogP contribution in [0, 0.1) is 0 Å². The summed E-state index contributed by atoms with van der Waals surface area (Å²) in [6.07, 6.45) is 5.23. The number of hydrogen-bond acceptors (Lipinski definition) is 6. The van der Waals surface area contributed by atoms with Crippen LogP contribution in [0.2, 0.25) is 0 Å². The van der Waals surface area contributed by atoms with Crippen molar-refractivity contribution in [1.29, 1.82) is 0 Å². The Labute approximate surface area is 205 Å². The predicted octanol–water partition coefficient (Wildman–Crippen LogP) is 2.87. The van der Waals surface area contributed by atoms with E-state index in [1.54, 1.807) is 0 Å². The van der Waals surface area contributed by atoms with Crippen molar-refractivity contribution in [1.82, 2.24) is 30.1 Å². The second-order valence-corrected chi connectivity index (χ2v) is 9.38. The summed E-state index contributed by atoms with van der Waals surface area (Å²) >= 11 is 0. The van der Waals surface area contributed by atoms with Gasteiger partial charge in [-0.15, -0.1) is 0 Å². The fourth-order valence-corrected chi connectivity index (χ4v) is 5.13. The number of H-pyrrole nitrogens is 1. The maximum absolute atomic E-state index is 13.4. The molecule has 3 aromatic rings. The number of piperazine rings is 1. The number of amides is 2. The molecule has 1 aliphatic carbocycles. The summed E-state index contributed by atoms with van der Waals surface area (Å²) in [5.41, 5.74) is 2.04. The van der Waals surface area contributed by atoms with Gasteiger partial charge < -0.3 is 20.5 Å². The highest BCUT2D eigenvalue weighted by molar-refractivity contribution is 6.00. The summed E-state index contributed by atoms with van der Waals surface area (Å²) in [6.45, 7) is 5.84. The van der Waals surface area contributed by atoms with E-state index in [1.807, 2.05) is 41.3 Å². The van der Waals surface area contributed by atoms with Crippen LogP contribution in [0.3, 0.4) is 0 Å². The van der Waals surface area contributed by atoms with E-state index in [0.29, 0.717) is 42.1 Å². The zero-order valence-electron chi connectivity index (χ0n) is 20.2. The number of aromatic amines is 1. The van der Waals surface area contributed by atoms with Crippen LogP contribution in [0.5, 0.6) is 0 Å². The van der Waals surface area contributed by atoms with Gasteiger partial charge in [-0.2, -0.15) is 0 Å². The normalized spacial score (nSPS) is 17.1. The summed E-state index contributed by atoms with van der Waals surface area (Å²) in [6, 6.07) is 12.3. The van der Waals surface area contributed by atoms with Gasteiger partial charge in [0, 0.05) is 57.8 Å². The molecule has 3 heterocycles. The Balaban J connectivity index is 1.36. The Hall–Kier alpha value is -3.46. The van der Waals surface area contributed by atoms with Gasteiger partial charge in [0.25, 0.3) is 5.91 Å². The van der Waals surface area contributed by atoms with Crippen molar-refractivity contribution in [3.05, 3.63) is 42.1 Å². The van der Waals surface area contributed by atoms with Crippen LogP contribution in [0.4, 0.5) is 5.82 Å². The number of aromatic nitrogens is 3. The summed E-state index contributed by atoms with van der Waals surface area (Å²) in [4.78, 5) is 41.8. The van der Waals surface area contributed by atoms with Gasteiger partial charge in [0.15, 0.2) is 5.82 Å². The molecule has 0 bridgehead atoms. The van der Waals surface area contributed by atoms with Crippen molar-refractivity contribution in [2.75, 3.05) is 44.6 Å². The molecule has 3 N–H and O–H groups in total. The SMILES string of the molecule is CC(=O)NCCNc1nc(-c2ccccc2)nc2[nH]c(C(=O)N3CCN(C4CCCC4)CC3)cc12. The minimum atomic E-state index is -0.0767. The van der Waals surface area contributed by atoms with Crippen molar-refractivity contribution in [2.24, 2.45) is 0 Å². The molecule has 1 saturated carbocycles. The van der Waals surface area contributed by atoms with Crippen LogP contribution in [-0.2, 0) is 4.79 Å². The van der Waals surface area contributed by atoms with Crippen LogP contribution in [0.1, 0.15) is 43.1 Å². The Morgan fingerprint density at radius 3 is 2.49 bits per heavy atom. The molecular formula is C26H33N7O2. The molecule has 2 amide bonds. The molecule has 1 saturated heterocycles. The lowest BCUT2D eigenvalue weighted by Crippen LogP contribution is -2.51. The first-order valence-electron chi connectivity index (χ1n) is 12.6. The fraction of sp³-hybridized carbons (Fsp3) is 0.462.